The summed E-state index contributed by atoms with van der Waals surface area (Å²) in [6.07, 6.45) is 7.83. The van der Waals surface area contributed by atoms with Gasteiger partial charge in [-0.25, -0.2) is 27.8 Å². The average Bonchev–Trinajstić information content (AvgIpc) is 3.90. The second kappa shape index (κ2) is 27.1. The van der Waals surface area contributed by atoms with E-state index in [1.54, 1.807) is 15.1 Å². The molecule has 0 radical (unpaired) electrons. The average molecular weight is 1290 g/mol. The predicted octanol–water partition coefficient (Wildman–Crippen LogP) is 2.63. The van der Waals surface area contributed by atoms with E-state index in [2.05, 4.69) is 106 Å². The van der Waals surface area contributed by atoms with Gasteiger partial charge in [0.2, 0.25) is 0 Å². The number of hydrogen-bond donors (Lipinski definition) is 1. The number of likely N-dealkylation sites (tertiary alicyclic amines) is 1. The summed E-state index contributed by atoms with van der Waals surface area (Å²) in [6.45, 7) is 20.4. The zero-order valence-corrected chi connectivity index (χ0v) is 55.8. The number of nitrogens with zero attached hydrogens (tertiary/aromatic N) is 11. The van der Waals surface area contributed by atoms with Crippen LogP contribution in [0.5, 0.6) is 0 Å². The summed E-state index contributed by atoms with van der Waals surface area (Å²) in [5.74, 6) is 0.0965. The first-order valence-electron chi connectivity index (χ1n) is 22.5. The Kier molecular flexibility index (Phi) is 22.9. The molecule has 0 aliphatic carbocycles. The normalized spacial score (nSPS) is 14.3. The number of hydrogen-bond acceptors (Lipinski definition) is 13. The van der Waals surface area contributed by atoms with E-state index in [0.29, 0.717) is 62.2 Å². The molecule has 0 bridgehead atoms. The standard InChI is InChI=1S/C24H27FN6.C21H21FN6.C3H7I.CH2O3.2Cs.H/c1-14(2)30-7-5-17(6-8-30)21-12-19-20(25)10-18(11-23(19)28-27-21)22-9-15(3)24-26-16(4)13-31(24)29-22;1-12-7-19(27-28-11-13(2)24-21(12)28)15-8-17(22)16-10-18(25-26-20(16)9-15)14-3-5-23-6-4-14;1-3(2)4;2-1-4-3;;;/h9-14,17H,5-8H2,1-4H3;7-11,14,23H,3-6H2,1-2H3;3H,1-2H3;1,3H;;;/q;;;;2*+1;-1/p-1. The van der Waals surface area contributed by atoms with Crippen LogP contribution in [-0.2, 0) is 9.68 Å². The molecule has 10 rings (SSSR count). The zero-order chi connectivity index (χ0) is 47.9. The van der Waals surface area contributed by atoms with Gasteiger partial charge >= 0.3 is 138 Å². The molecule has 8 aromatic rings. The Bertz CT molecular complexity index is 3020. The van der Waals surface area contributed by atoms with Crippen LogP contribution >= 0.6 is 22.6 Å². The maximum atomic E-state index is 15.1. The van der Waals surface area contributed by atoms with Gasteiger partial charge in [-0.15, -0.1) is 0 Å². The zero-order valence-electron chi connectivity index (χ0n) is 42.1. The van der Waals surface area contributed by atoms with E-state index in [-0.39, 0.29) is 157 Å². The molecule has 8 heterocycles. The van der Waals surface area contributed by atoms with Crippen LogP contribution in [0.2, 0.25) is 0 Å². The van der Waals surface area contributed by atoms with Crippen LogP contribution in [0.4, 0.5) is 8.78 Å². The van der Waals surface area contributed by atoms with Crippen molar-refractivity contribution in [3.63, 3.8) is 0 Å². The van der Waals surface area contributed by atoms with Crippen molar-refractivity contribution < 1.29 is 163 Å². The van der Waals surface area contributed by atoms with Gasteiger partial charge in [0.15, 0.2) is 11.3 Å². The van der Waals surface area contributed by atoms with Crippen LogP contribution in [0, 0.1) is 39.3 Å². The first-order valence-corrected chi connectivity index (χ1v) is 23.8. The molecular weight excluding hydrogens is 1240 g/mol. The van der Waals surface area contributed by atoms with Gasteiger partial charge in [-0.2, -0.15) is 30.6 Å². The fourth-order valence-electron chi connectivity index (χ4n) is 8.53. The topological polar surface area (TPSA) is 177 Å². The van der Waals surface area contributed by atoms with Gasteiger partial charge in [-0.1, -0.05) is 36.4 Å². The largest absolute Gasteiger partial charge is 1.00 e. The van der Waals surface area contributed by atoms with Crippen LogP contribution in [0.25, 0.3) is 55.6 Å². The summed E-state index contributed by atoms with van der Waals surface area (Å²) in [7, 11) is 0. The monoisotopic (exact) mass is 1290 g/mol. The number of aromatic nitrogens is 10. The van der Waals surface area contributed by atoms with Gasteiger partial charge in [-0.05, 0) is 153 Å². The van der Waals surface area contributed by atoms with Gasteiger partial charge < -0.3 is 21.8 Å². The number of benzene rings is 2. The molecule has 354 valence electrons. The minimum absolute atomic E-state index is 0. The Morgan fingerprint density at radius 2 is 1.10 bits per heavy atom. The second-order valence-electron chi connectivity index (χ2n) is 17.7. The van der Waals surface area contributed by atoms with E-state index >= 15 is 4.39 Å². The number of imidazole rings is 2. The third-order valence-corrected chi connectivity index (χ3v) is 11.9. The molecule has 20 heteroatoms. The minimum atomic E-state index is -0.293. The summed E-state index contributed by atoms with van der Waals surface area (Å²) in [5.41, 5.74) is 11.0. The van der Waals surface area contributed by atoms with Gasteiger partial charge in [0.1, 0.15) is 11.6 Å². The molecule has 2 aliphatic rings. The van der Waals surface area contributed by atoms with Crippen molar-refractivity contribution in [1.82, 2.24) is 59.8 Å². The fourth-order valence-corrected chi connectivity index (χ4v) is 8.53. The SMILES string of the molecule is CC(C)I.Cc1cn2nc(-c3cc(F)c4cc(C5CCN(C(C)C)CC5)nnc4c3)cc(C)c2n1.Cc1cn2nc(-c3cc(F)c4cc(C5CCNCC5)nnc4c3)cc(C)c2n1.O=CO[O-].[Cs+].[Cs+].[H-]. The maximum absolute atomic E-state index is 15.1. The van der Waals surface area contributed by atoms with E-state index in [9.17, 15) is 4.39 Å². The number of rotatable bonds is 6. The van der Waals surface area contributed by atoms with E-state index < -0.39 is 0 Å². The third-order valence-electron chi connectivity index (χ3n) is 11.9. The molecule has 2 fully saturated rings. The number of halogens is 3. The van der Waals surface area contributed by atoms with Crippen molar-refractivity contribution in [2.75, 3.05) is 26.2 Å². The number of aryl methyl sites for hydroxylation is 4. The van der Waals surface area contributed by atoms with Crippen LogP contribution in [0.1, 0.15) is 101 Å². The molecule has 0 unspecified atom stereocenters. The van der Waals surface area contributed by atoms with Crippen LogP contribution in [0.15, 0.2) is 60.9 Å². The molecule has 0 spiro atoms. The first-order chi connectivity index (χ1) is 32.1. The Morgan fingerprint density at radius 3 is 1.49 bits per heavy atom. The number of alkyl halides is 1. The number of nitrogens with one attached hydrogen (secondary N) is 1. The molecule has 6 aromatic heterocycles. The van der Waals surface area contributed by atoms with Gasteiger partial charge in [-0.3, -0.25) is 4.79 Å². The summed E-state index contributed by atoms with van der Waals surface area (Å²) in [5, 5.41) is 39.6. The minimum Gasteiger partial charge on any atom is -1.00 e. The van der Waals surface area contributed by atoms with Crippen LogP contribution < -0.4 is 148 Å². The predicted molar refractivity (Wildman–Crippen MR) is 263 cm³/mol. The maximum Gasteiger partial charge on any atom is 1.00 e. The molecule has 0 amide bonds. The molecule has 0 saturated carbocycles. The molecule has 0 atom stereocenters. The molecule has 2 aliphatic heterocycles. The molecule has 1 N–H and O–H groups in total. The van der Waals surface area contributed by atoms with E-state index in [1.807, 2.05) is 76.5 Å². The van der Waals surface area contributed by atoms with Crippen molar-refractivity contribution in [1.29, 1.82) is 0 Å². The molecule has 2 saturated heterocycles. The Balaban J connectivity index is 0.000000256. The number of carbonyl (C=O) groups is 1. The van der Waals surface area contributed by atoms with Crippen molar-refractivity contribution >= 4 is 62.2 Å². The molecule has 2 aromatic carbocycles. The molecule has 15 nitrogen and oxygen atoms in total. The van der Waals surface area contributed by atoms with Gasteiger partial charge in [0, 0.05) is 43.7 Å². The Hall–Kier alpha value is -1.60. The summed E-state index contributed by atoms with van der Waals surface area (Å²) in [6, 6.07) is 15.0. The molecule has 69 heavy (non-hydrogen) atoms. The number of fused-ring (bicyclic) bond motifs is 4. The third kappa shape index (κ3) is 15.0. The summed E-state index contributed by atoms with van der Waals surface area (Å²) in [4.78, 5) is 22.7. The first kappa shape index (κ1) is 58.3. The van der Waals surface area contributed by atoms with E-state index in [4.69, 9.17) is 10.1 Å². The fraction of sp³-hybridized carbons (Fsp3) is 0.408. The van der Waals surface area contributed by atoms with Gasteiger partial charge in [0.25, 0.3) is 6.47 Å². The van der Waals surface area contributed by atoms with Crippen molar-refractivity contribution in [2.45, 2.75) is 103 Å². The van der Waals surface area contributed by atoms with Crippen molar-refractivity contribution in [3.8, 4) is 22.5 Å². The Morgan fingerprint density at radius 1 is 0.696 bits per heavy atom. The van der Waals surface area contributed by atoms with E-state index in [0.717, 1.165) is 101 Å². The van der Waals surface area contributed by atoms with E-state index in [1.165, 1.54) is 6.07 Å². The number of carbonyl (C=O) groups excluding carboxylic acids is 1. The van der Waals surface area contributed by atoms with Gasteiger partial charge in [0.05, 0.1) is 57.6 Å². The second-order valence-corrected chi connectivity index (χ2v) is 20.2. The summed E-state index contributed by atoms with van der Waals surface area (Å²) >= 11 is 2.34. The van der Waals surface area contributed by atoms with Crippen molar-refractivity contribution in [2.24, 2.45) is 0 Å². The Labute approximate surface area is 533 Å². The number of piperidine rings is 2. The van der Waals surface area contributed by atoms with Crippen LogP contribution in [-0.4, -0.2) is 97.1 Å². The molecular formula is C49H57Cs2F2IN12O3. The summed E-state index contributed by atoms with van der Waals surface area (Å²) < 4.78 is 34.4. The smallest absolute Gasteiger partial charge is 1.00 e. The quantitative estimate of drug-likeness (QED) is 0.0847. The van der Waals surface area contributed by atoms with Crippen LogP contribution in [0.3, 0.4) is 0 Å². The van der Waals surface area contributed by atoms with Crippen molar-refractivity contribution in [3.05, 3.63) is 106 Å².